The van der Waals surface area contributed by atoms with Crippen molar-refractivity contribution in [2.24, 2.45) is 22.7 Å². The molecule has 1 aromatic rings. The third-order valence-electron chi connectivity index (χ3n) is 8.35. The van der Waals surface area contributed by atoms with Gasteiger partial charge in [0.15, 0.2) is 0 Å². The van der Waals surface area contributed by atoms with Crippen molar-refractivity contribution in [2.75, 3.05) is 6.54 Å². The zero-order valence-corrected chi connectivity index (χ0v) is 17.6. The molecule has 5 rings (SSSR count). The molecule has 30 heavy (non-hydrogen) atoms. The molecule has 1 unspecified atom stereocenters. The van der Waals surface area contributed by atoms with Crippen molar-refractivity contribution in [1.29, 1.82) is 0 Å². The number of fused-ring (bicyclic) bond motifs is 5. The van der Waals surface area contributed by atoms with E-state index in [2.05, 4.69) is 36.3 Å². The van der Waals surface area contributed by atoms with E-state index in [0.29, 0.717) is 11.8 Å². The number of hydrogen-bond donors (Lipinski definition) is 1. The summed E-state index contributed by atoms with van der Waals surface area (Å²) in [7, 11) is 0. The van der Waals surface area contributed by atoms with Crippen LogP contribution in [0.2, 0.25) is 0 Å². The lowest BCUT2D eigenvalue weighted by Gasteiger charge is -2.55. The number of nitrogens with zero attached hydrogens (tertiary/aromatic N) is 1. The van der Waals surface area contributed by atoms with E-state index in [0.717, 1.165) is 49.8 Å². The van der Waals surface area contributed by atoms with Gasteiger partial charge in [-0.2, -0.15) is 0 Å². The van der Waals surface area contributed by atoms with Crippen LogP contribution in [0, 0.1) is 22.7 Å². The molecule has 0 spiro atoms. The van der Waals surface area contributed by atoms with Gasteiger partial charge in [-0.3, -0.25) is 9.78 Å². The zero-order valence-electron chi connectivity index (χ0n) is 17.6. The first-order valence-electron chi connectivity index (χ1n) is 11.0. The van der Waals surface area contributed by atoms with E-state index < -0.39 is 6.43 Å². The molecule has 1 amide bonds. The highest BCUT2D eigenvalue weighted by atomic mass is 19.3. The standard InChI is InChI=1S/C25H28F2N2O/c1-24-9-10-29-22(30)12-17(24)3-4-18-20-6-5-19(25(20,2)8-7-21(18)24)15-11-16(23(26)27)14-28-13-15/h5-6,11-14,18,21,23H,3-4,7-10H2,1-2H3,(H,29,30)/t18-,21?,24-,25+/m0/s1. The van der Waals surface area contributed by atoms with E-state index in [1.165, 1.54) is 17.3 Å². The minimum atomic E-state index is -2.51. The molecule has 1 aliphatic heterocycles. The third-order valence-corrected chi connectivity index (χ3v) is 8.35. The summed E-state index contributed by atoms with van der Waals surface area (Å²) in [6.45, 7) is 5.34. The average Bonchev–Trinajstić information content (AvgIpc) is 2.99. The Morgan fingerprint density at radius 2 is 2.00 bits per heavy atom. The third kappa shape index (κ3) is 2.81. The predicted octanol–water partition coefficient (Wildman–Crippen LogP) is 5.62. The SMILES string of the molecule is C[C@]12CCC3[C@@H](CCC4=CC(=O)NCC[C@@]43C)C1=CC=C2c1cncc(C(F)F)c1. The molecule has 0 saturated heterocycles. The molecule has 2 fully saturated rings. The van der Waals surface area contributed by atoms with Crippen LogP contribution < -0.4 is 5.32 Å². The fourth-order valence-corrected chi connectivity index (χ4v) is 6.70. The van der Waals surface area contributed by atoms with Crippen LogP contribution in [0.4, 0.5) is 8.78 Å². The quantitative estimate of drug-likeness (QED) is 0.687. The lowest BCUT2D eigenvalue weighted by Crippen LogP contribution is -2.46. The van der Waals surface area contributed by atoms with Crippen molar-refractivity contribution in [3.63, 3.8) is 0 Å². The Bertz CT molecular complexity index is 995. The molecule has 3 aliphatic carbocycles. The van der Waals surface area contributed by atoms with E-state index in [1.54, 1.807) is 12.3 Å². The molecule has 4 atom stereocenters. The van der Waals surface area contributed by atoms with E-state index in [9.17, 15) is 13.6 Å². The lowest BCUT2D eigenvalue weighted by atomic mass is 9.49. The summed E-state index contributed by atoms with van der Waals surface area (Å²) in [6, 6.07) is 1.60. The molecule has 2 saturated carbocycles. The Balaban J connectivity index is 1.47. The van der Waals surface area contributed by atoms with Gasteiger partial charge in [0.1, 0.15) is 0 Å². The molecule has 1 aromatic heterocycles. The van der Waals surface area contributed by atoms with Gasteiger partial charge in [-0.15, -0.1) is 0 Å². The molecule has 5 heteroatoms. The Labute approximate surface area is 176 Å². The summed E-state index contributed by atoms with van der Waals surface area (Å²) in [5.41, 5.74) is 4.59. The number of pyridine rings is 1. The molecule has 2 heterocycles. The summed E-state index contributed by atoms with van der Waals surface area (Å²) in [6.07, 6.45) is 11.8. The maximum absolute atomic E-state index is 13.2. The molecular weight excluding hydrogens is 382 g/mol. The Morgan fingerprint density at radius 3 is 2.80 bits per heavy atom. The van der Waals surface area contributed by atoms with Gasteiger partial charge in [0, 0.05) is 36.0 Å². The largest absolute Gasteiger partial charge is 0.353 e. The fourth-order valence-electron chi connectivity index (χ4n) is 6.70. The first kappa shape index (κ1) is 19.7. The molecule has 3 nitrogen and oxygen atoms in total. The molecule has 1 N–H and O–H groups in total. The highest BCUT2D eigenvalue weighted by Crippen LogP contribution is 2.64. The normalized spacial score (nSPS) is 35.4. The van der Waals surface area contributed by atoms with Crippen molar-refractivity contribution >= 4 is 11.5 Å². The van der Waals surface area contributed by atoms with Gasteiger partial charge in [0.05, 0.1) is 0 Å². The zero-order chi connectivity index (χ0) is 21.1. The molecule has 0 radical (unpaired) electrons. The van der Waals surface area contributed by atoms with Gasteiger partial charge >= 0.3 is 0 Å². The van der Waals surface area contributed by atoms with Crippen LogP contribution in [0.1, 0.15) is 63.5 Å². The van der Waals surface area contributed by atoms with Crippen molar-refractivity contribution in [2.45, 2.75) is 52.4 Å². The van der Waals surface area contributed by atoms with Gasteiger partial charge in [-0.1, -0.05) is 37.1 Å². The second-order valence-corrected chi connectivity index (χ2v) is 9.76. The second-order valence-electron chi connectivity index (χ2n) is 9.76. The summed E-state index contributed by atoms with van der Waals surface area (Å²) in [4.78, 5) is 16.2. The lowest BCUT2D eigenvalue weighted by molar-refractivity contribution is -0.116. The second kappa shape index (κ2) is 6.86. The number of carbonyl (C=O) groups excluding carboxylic acids is 1. The van der Waals surface area contributed by atoms with Crippen LogP contribution >= 0.6 is 0 Å². The number of carbonyl (C=O) groups is 1. The van der Waals surface area contributed by atoms with Crippen LogP contribution in [0.25, 0.3) is 5.57 Å². The Kier molecular flexibility index (Phi) is 4.49. The molecule has 4 aliphatic rings. The van der Waals surface area contributed by atoms with Crippen molar-refractivity contribution in [1.82, 2.24) is 10.3 Å². The van der Waals surface area contributed by atoms with Crippen molar-refractivity contribution < 1.29 is 13.6 Å². The first-order valence-corrected chi connectivity index (χ1v) is 11.0. The molecule has 158 valence electrons. The van der Waals surface area contributed by atoms with E-state index in [1.807, 2.05) is 6.08 Å². The number of alkyl halides is 2. The number of allylic oxidation sites excluding steroid dienone is 5. The number of hydrogen-bond acceptors (Lipinski definition) is 2. The van der Waals surface area contributed by atoms with Crippen LogP contribution in [-0.2, 0) is 4.79 Å². The van der Waals surface area contributed by atoms with Gasteiger partial charge < -0.3 is 5.32 Å². The fraction of sp³-hybridized carbons (Fsp3) is 0.520. The Hall–Kier alpha value is -2.30. The van der Waals surface area contributed by atoms with Crippen LogP contribution in [0.15, 0.2) is 47.8 Å². The predicted molar refractivity (Wildman–Crippen MR) is 113 cm³/mol. The minimum Gasteiger partial charge on any atom is -0.353 e. The summed E-state index contributed by atoms with van der Waals surface area (Å²) in [5.74, 6) is 1.03. The average molecular weight is 411 g/mol. The van der Waals surface area contributed by atoms with E-state index in [-0.39, 0.29) is 22.3 Å². The Morgan fingerprint density at radius 1 is 1.17 bits per heavy atom. The molecule has 0 bridgehead atoms. The summed E-state index contributed by atoms with van der Waals surface area (Å²) < 4.78 is 26.5. The monoisotopic (exact) mass is 410 g/mol. The van der Waals surface area contributed by atoms with Crippen molar-refractivity contribution in [3.05, 3.63) is 59.0 Å². The van der Waals surface area contributed by atoms with Crippen LogP contribution in [0.3, 0.4) is 0 Å². The number of amides is 1. The van der Waals surface area contributed by atoms with Gasteiger partial charge in [-0.05, 0) is 66.6 Å². The van der Waals surface area contributed by atoms with E-state index in [4.69, 9.17) is 0 Å². The molecular formula is C25H28F2N2O. The minimum absolute atomic E-state index is 0.0188. The maximum atomic E-state index is 13.2. The number of rotatable bonds is 2. The number of halogens is 2. The first-order chi connectivity index (χ1) is 14.3. The number of aromatic nitrogens is 1. The summed E-state index contributed by atoms with van der Waals surface area (Å²) in [5, 5.41) is 3.01. The number of nitrogens with one attached hydrogen (secondary N) is 1. The van der Waals surface area contributed by atoms with Gasteiger partial charge in [-0.25, -0.2) is 8.78 Å². The summed E-state index contributed by atoms with van der Waals surface area (Å²) >= 11 is 0. The maximum Gasteiger partial charge on any atom is 0.265 e. The van der Waals surface area contributed by atoms with Crippen LogP contribution in [0.5, 0.6) is 0 Å². The molecule has 0 aromatic carbocycles. The smallest absolute Gasteiger partial charge is 0.265 e. The van der Waals surface area contributed by atoms with Gasteiger partial charge in [0.2, 0.25) is 5.91 Å². The van der Waals surface area contributed by atoms with E-state index >= 15 is 0 Å². The topological polar surface area (TPSA) is 42.0 Å². The highest BCUT2D eigenvalue weighted by Gasteiger charge is 2.54. The van der Waals surface area contributed by atoms with Crippen LogP contribution in [-0.4, -0.2) is 17.4 Å². The van der Waals surface area contributed by atoms with Gasteiger partial charge in [0.25, 0.3) is 6.43 Å². The highest BCUT2D eigenvalue weighted by molar-refractivity contribution is 5.89. The van der Waals surface area contributed by atoms with Crippen molar-refractivity contribution in [3.8, 4) is 0 Å².